The summed E-state index contributed by atoms with van der Waals surface area (Å²) in [5, 5.41) is 10.3. The van der Waals surface area contributed by atoms with Gasteiger partial charge in [-0.05, 0) is 25.0 Å². The van der Waals surface area contributed by atoms with Crippen LogP contribution in [0.5, 0.6) is 5.75 Å². The summed E-state index contributed by atoms with van der Waals surface area (Å²) < 4.78 is 6.38. The largest absolute Gasteiger partial charge is 0.494 e. The van der Waals surface area contributed by atoms with E-state index < -0.39 is 0 Å². The number of thiazole rings is 1. The van der Waals surface area contributed by atoms with Crippen molar-refractivity contribution in [3.05, 3.63) is 18.2 Å². The van der Waals surface area contributed by atoms with Gasteiger partial charge in [-0.25, -0.2) is 4.98 Å². The van der Waals surface area contributed by atoms with Gasteiger partial charge in [0.15, 0.2) is 5.13 Å². The number of nitrogens with zero attached hydrogens (tertiary/aromatic N) is 3. The first kappa shape index (κ1) is 16.0. The Bertz CT molecular complexity index is 695. The van der Waals surface area contributed by atoms with Gasteiger partial charge in [-0.2, -0.15) is 0 Å². The standard InChI is InChI=1S/C16H21N3O3S/c1-18(10-14(21)19-8-6-11(20)7-9-19)16-17-15-12(22-2)4-3-5-13(15)23-16/h3-5,11,20H,6-10H2,1-2H3. The zero-order valence-corrected chi connectivity index (χ0v) is 14.2. The molecule has 0 saturated carbocycles. The molecule has 1 aliphatic rings. The number of amides is 1. The second kappa shape index (κ2) is 6.72. The molecular formula is C16H21N3O3S. The molecule has 1 aromatic carbocycles. The minimum absolute atomic E-state index is 0.0746. The third kappa shape index (κ3) is 3.40. The molecule has 1 saturated heterocycles. The van der Waals surface area contributed by atoms with Gasteiger partial charge in [0.05, 0.1) is 24.5 Å². The highest BCUT2D eigenvalue weighted by molar-refractivity contribution is 7.22. The van der Waals surface area contributed by atoms with E-state index in [1.165, 1.54) is 0 Å². The zero-order chi connectivity index (χ0) is 16.4. The van der Waals surface area contributed by atoms with Crippen LogP contribution in [-0.4, -0.2) is 60.8 Å². The van der Waals surface area contributed by atoms with E-state index in [-0.39, 0.29) is 18.6 Å². The lowest BCUT2D eigenvalue weighted by Gasteiger charge is -2.30. The number of ether oxygens (including phenoxy) is 1. The normalized spacial score (nSPS) is 15.9. The third-order valence-corrected chi connectivity index (χ3v) is 5.24. The van der Waals surface area contributed by atoms with Crippen molar-refractivity contribution >= 4 is 32.6 Å². The van der Waals surface area contributed by atoms with Crippen molar-refractivity contribution in [3.63, 3.8) is 0 Å². The lowest BCUT2D eigenvalue weighted by atomic mass is 10.1. The van der Waals surface area contributed by atoms with Crippen LogP contribution in [0.3, 0.4) is 0 Å². The second-order valence-corrected chi connectivity index (χ2v) is 6.78. The molecule has 6 nitrogen and oxygen atoms in total. The van der Waals surface area contributed by atoms with Gasteiger partial charge in [0.2, 0.25) is 5.91 Å². The Kier molecular flexibility index (Phi) is 4.68. The molecule has 1 N–H and O–H groups in total. The van der Waals surface area contributed by atoms with Crippen LogP contribution in [-0.2, 0) is 4.79 Å². The van der Waals surface area contributed by atoms with Crippen LogP contribution in [0.4, 0.5) is 5.13 Å². The average molecular weight is 335 g/mol. The summed E-state index contributed by atoms with van der Waals surface area (Å²) in [6.45, 7) is 1.54. The molecule has 2 aromatic rings. The zero-order valence-electron chi connectivity index (χ0n) is 13.4. The van der Waals surface area contributed by atoms with Gasteiger partial charge >= 0.3 is 0 Å². The van der Waals surface area contributed by atoms with E-state index >= 15 is 0 Å². The number of aliphatic hydroxyl groups excluding tert-OH is 1. The quantitative estimate of drug-likeness (QED) is 0.922. The van der Waals surface area contributed by atoms with Crippen LogP contribution in [0.2, 0.25) is 0 Å². The summed E-state index contributed by atoms with van der Waals surface area (Å²) in [6, 6.07) is 5.82. The molecule has 0 spiro atoms. The van der Waals surface area contributed by atoms with Gasteiger partial charge < -0.3 is 19.6 Å². The highest BCUT2D eigenvalue weighted by Crippen LogP contribution is 2.33. The Hall–Kier alpha value is -1.86. The first-order chi connectivity index (χ1) is 11.1. The maximum absolute atomic E-state index is 12.4. The fourth-order valence-corrected chi connectivity index (χ4v) is 3.67. The highest BCUT2D eigenvalue weighted by atomic mass is 32.1. The number of carbonyl (C=O) groups is 1. The predicted octanol–water partition coefficient (Wildman–Crippen LogP) is 1.72. The molecular weight excluding hydrogens is 314 g/mol. The smallest absolute Gasteiger partial charge is 0.242 e. The maximum Gasteiger partial charge on any atom is 0.242 e. The van der Waals surface area contributed by atoms with E-state index in [2.05, 4.69) is 4.98 Å². The number of rotatable bonds is 4. The summed E-state index contributed by atoms with van der Waals surface area (Å²) in [5.74, 6) is 0.820. The minimum Gasteiger partial charge on any atom is -0.494 e. The lowest BCUT2D eigenvalue weighted by molar-refractivity contribution is -0.131. The Balaban J connectivity index is 1.70. The molecule has 1 aromatic heterocycles. The predicted molar refractivity (Wildman–Crippen MR) is 91.3 cm³/mol. The van der Waals surface area contributed by atoms with Crippen molar-refractivity contribution in [2.75, 3.05) is 38.7 Å². The number of carbonyl (C=O) groups excluding carboxylic acids is 1. The van der Waals surface area contributed by atoms with Crippen molar-refractivity contribution in [1.82, 2.24) is 9.88 Å². The molecule has 0 bridgehead atoms. The van der Waals surface area contributed by atoms with Gasteiger partial charge in [-0.15, -0.1) is 0 Å². The Morgan fingerprint density at radius 2 is 2.22 bits per heavy atom. The number of hydrogen-bond donors (Lipinski definition) is 1. The number of hydrogen-bond acceptors (Lipinski definition) is 6. The molecule has 1 aliphatic heterocycles. The van der Waals surface area contributed by atoms with Crippen molar-refractivity contribution in [2.45, 2.75) is 18.9 Å². The topological polar surface area (TPSA) is 65.9 Å². The number of piperidine rings is 1. The molecule has 0 atom stereocenters. The van der Waals surface area contributed by atoms with Gasteiger partial charge in [0, 0.05) is 20.1 Å². The van der Waals surface area contributed by atoms with E-state index in [1.54, 1.807) is 18.4 Å². The van der Waals surface area contributed by atoms with Gasteiger partial charge in [-0.3, -0.25) is 4.79 Å². The summed E-state index contributed by atoms with van der Waals surface area (Å²) in [5.41, 5.74) is 0.829. The molecule has 1 fully saturated rings. The number of likely N-dealkylation sites (N-methyl/N-ethyl adjacent to an activating group) is 1. The SMILES string of the molecule is COc1cccc2sc(N(C)CC(=O)N3CCC(O)CC3)nc12. The third-order valence-electron chi connectivity index (χ3n) is 4.11. The van der Waals surface area contributed by atoms with E-state index in [0.717, 1.165) is 21.1 Å². The number of fused-ring (bicyclic) bond motifs is 1. The van der Waals surface area contributed by atoms with Gasteiger partial charge in [0.1, 0.15) is 11.3 Å². The minimum atomic E-state index is -0.270. The second-order valence-electron chi connectivity index (χ2n) is 5.77. The molecule has 1 amide bonds. The summed E-state index contributed by atoms with van der Waals surface area (Å²) in [4.78, 5) is 20.7. The van der Waals surface area contributed by atoms with E-state index in [0.29, 0.717) is 25.9 Å². The van der Waals surface area contributed by atoms with Gasteiger partial charge in [0.25, 0.3) is 0 Å². The van der Waals surface area contributed by atoms with Crippen molar-refractivity contribution in [3.8, 4) is 5.75 Å². The number of likely N-dealkylation sites (tertiary alicyclic amines) is 1. The first-order valence-electron chi connectivity index (χ1n) is 7.69. The Labute approximate surface area is 139 Å². The van der Waals surface area contributed by atoms with E-state index in [1.807, 2.05) is 35.0 Å². The molecule has 124 valence electrons. The summed E-state index contributed by atoms with van der Waals surface area (Å²) in [6.07, 6.45) is 1.05. The Morgan fingerprint density at radius 3 is 2.91 bits per heavy atom. The number of aliphatic hydroxyl groups is 1. The van der Waals surface area contributed by atoms with Crippen molar-refractivity contribution < 1.29 is 14.6 Å². The van der Waals surface area contributed by atoms with E-state index in [9.17, 15) is 9.90 Å². The van der Waals surface area contributed by atoms with E-state index in [4.69, 9.17) is 4.74 Å². The maximum atomic E-state index is 12.4. The molecule has 3 rings (SSSR count). The molecule has 0 aliphatic carbocycles. The molecule has 23 heavy (non-hydrogen) atoms. The van der Waals surface area contributed by atoms with Crippen LogP contribution in [0, 0.1) is 0 Å². The first-order valence-corrected chi connectivity index (χ1v) is 8.50. The molecule has 7 heteroatoms. The number of anilines is 1. The molecule has 0 radical (unpaired) electrons. The monoisotopic (exact) mass is 335 g/mol. The van der Waals surface area contributed by atoms with Crippen LogP contribution in [0.1, 0.15) is 12.8 Å². The molecule has 2 heterocycles. The number of aromatic nitrogens is 1. The van der Waals surface area contributed by atoms with Crippen LogP contribution in [0.15, 0.2) is 18.2 Å². The van der Waals surface area contributed by atoms with Crippen LogP contribution < -0.4 is 9.64 Å². The van der Waals surface area contributed by atoms with Crippen molar-refractivity contribution in [2.24, 2.45) is 0 Å². The fraction of sp³-hybridized carbons (Fsp3) is 0.500. The van der Waals surface area contributed by atoms with Gasteiger partial charge in [-0.1, -0.05) is 17.4 Å². The molecule has 0 unspecified atom stereocenters. The number of benzene rings is 1. The number of methoxy groups -OCH3 is 1. The van der Waals surface area contributed by atoms with Crippen molar-refractivity contribution in [1.29, 1.82) is 0 Å². The average Bonchev–Trinajstić information content (AvgIpc) is 2.99. The lowest BCUT2D eigenvalue weighted by Crippen LogP contribution is -2.44. The fourth-order valence-electron chi connectivity index (χ4n) is 2.73. The van der Waals surface area contributed by atoms with Crippen LogP contribution >= 0.6 is 11.3 Å². The summed E-state index contributed by atoms with van der Waals surface area (Å²) in [7, 11) is 3.51. The van der Waals surface area contributed by atoms with Crippen LogP contribution in [0.25, 0.3) is 10.2 Å². The highest BCUT2D eigenvalue weighted by Gasteiger charge is 2.23. The number of para-hydroxylation sites is 1. The summed E-state index contributed by atoms with van der Waals surface area (Å²) >= 11 is 1.55. The Morgan fingerprint density at radius 1 is 1.48 bits per heavy atom.